The molecule has 0 spiro atoms. The van der Waals surface area contributed by atoms with Crippen LogP contribution in [0.25, 0.3) is 0 Å². The van der Waals surface area contributed by atoms with Gasteiger partial charge in [-0.15, -0.1) is 0 Å². The molecule has 1 unspecified atom stereocenters. The van der Waals surface area contributed by atoms with E-state index in [1.807, 2.05) is 24.1 Å². The van der Waals surface area contributed by atoms with Gasteiger partial charge in [-0.3, -0.25) is 4.79 Å². The lowest BCUT2D eigenvalue weighted by atomic mass is 9.93. The quantitative estimate of drug-likeness (QED) is 0.663. The molecule has 2 fully saturated rings. The van der Waals surface area contributed by atoms with Crippen molar-refractivity contribution in [1.29, 1.82) is 0 Å². The Morgan fingerprint density at radius 3 is 2.48 bits per heavy atom. The van der Waals surface area contributed by atoms with Crippen LogP contribution in [0.1, 0.15) is 45.1 Å². The van der Waals surface area contributed by atoms with Crippen LogP contribution in [0.3, 0.4) is 0 Å². The Morgan fingerprint density at radius 1 is 1.14 bits per heavy atom. The Kier molecular flexibility index (Phi) is 8.40. The molecule has 0 aliphatic carbocycles. The molecular weight excluding hydrogens is 382 g/mol. The lowest BCUT2D eigenvalue weighted by Gasteiger charge is -2.38. The molecule has 2 saturated heterocycles. The summed E-state index contributed by atoms with van der Waals surface area (Å²) in [6, 6.07) is 8.74. The van der Waals surface area contributed by atoms with Crippen LogP contribution in [0.4, 0.5) is 0 Å². The number of benzene rings is 1. The fraction of sp³-hybridized carbons (Fsp3) is 0.708. The lowest BCUT2D eigenvalue weighted by Crippen LogP contribution is -2.47. The first-order valence-electron chi connectivity index (χ1n) is 11.4. The summed E-state index contributed by atoms with van der Waals surface area (Å²) in [5, 5.41) is 0.804. The second-order valence-electron chi connectivity index (χ2n) is 9.31. The predicted molar refractivity (Wildman–Crippen MR) is 121 cm³/mol. The predicted octanol–water partition coefficient (Wildman–Crippen LogP) is 4.17. The van der Waals surface area contributed by atoms with E-state index in [4.69, 9.17) is 11.6 Å². The van der Waals surface area contributed by atoms with Gasteiger partial charge in [0.05, 0.1) is 5.92 Å². The number of carbonyl (C=O) groups excluding carboxylic acids is 1. The Labute approximate surface area is 182 Å². The van der Waals surface area contributed by atoms with E-state index in [0.717, 1.165) is 63.6 Å². The van der Waals surface area contributed by atoms with Crippen molar-refractivity contribution in [2.45, 2.75) is 52.0 Å². The molecule has 162 valence electrons. The zero-order valence-electron chi connectivity index (χ0n) is 18.4. The largest absolute Gasteiger partial charge is 0.345 e. The highest BCUT2D eigenvalue weighted by Crippen LogP contribution is 2.23. The zero-order valence-corrected chi connectivity index (χ0v) is 19.2. The standard InChI is InChI=1S/C24H38ClN3O/c1-19(2)28-13-4-5-22(18-28)24(29)26(3)17-21-11-15-27(16-12-21)14-10-20-6-8-23(25)9-7-20/h6-9,19,21-22H,4-5,10-18H2,1-3H3. The summed E-state index contributed by atoms with van der Waals surface area (Å²) in [5.41, 5.74) is 1.35. The maximum Gasteiger partial charge on any atom is 0.226 e. The third kappa shape index (κ3) is 6.70. The Hall–Kier alpha value is -1.10. The second-order valence-corrected chi connectivity index (χ2v) is 9.74. The summed E-state index contributed by atoms with van der Waals surface area (Å²) in [6.45, 7) is 10.9. The fourth-order valence-electron chi connectivity index (χ4n) is 4.80. The van der Waals surface area contributed by atoms with Crippen molar-refractivity contribution in [3.8, 4) is 0 Å². The monoisotopic (exact) mass is 419 g/mol. The smallest absolute Gasteiger partial charge is 0.226 e. The maximum atomic E-state index is 13.0. The molecule has 3 rings (SSSR count). The van der Waals surface area contributed by atoms with Gasteiger partial charge in [0.1, 0.15) is 0 Å². The summed E-state index contributed by atoms with van der Waals surface area (Å²) in [6.07, 6.45) is 5.67. The van der Waals surface area contributed by atoms with E-state index in [-0.39, 0.29) is 5.92 Å². The minimum Gasteiger partial charge on any atom is -0.345 e. The molecule has 1 aromatic rings. The molecule has 0 N–H and O–H groups in total. The van der Waals surface area contributed by atoms with Gasteiger partial charge in [0.25, 0.3) is 0 Å². The Morgan fingerprint density at radius 2 is 1.83 bits per heavy atom. The van der Waals surface area contributed by atoms with Crippen LogP contribution in [0.5, 0.6) is 0 Å². The van der Waals surface area contributed by atoms with Crippen molar-refractivity contribution >= 4 is 17.5 Å². The van der Waals surface area contributed by atoms with E-state index in [2.05, 4.69) is 35.8 Å². The third-order valence-corrected chi connectivity index (χ3v) is 7.03. The van der Waals surface area contributed by atoms with Crippen LogP contribution in [-0.2, 0) is 11.2 Å². The third-order valence-electron chi connectivity index (χ3n) is 6.78. The van der Waals surface area contributed by atoms with Crippen LogP contribution in [0.15, 0.2) is 24.3 Å². The molecule has 4 nitrogen and oxygen atoms in total. The molecule has 1 atom stereocenters. The fourth-order valence-corrected chi connectivity index (χ4v) is 4.92. The molecule has 0 bridgehead atoms. The normalized spacial score (nSPS) is 22.2. The molecule has 0 saturated carbocycles. The topological polar surface area (TPSA) is 26.8 Å². The molecule has 0 aromatic heterocycles. The number of hydrogen-bond donors (Lipinski definition) is 0. The lowest BCUT2D eigenvalue weighted by molar-refractivity contribution is -0.137. The summed E-state index contributed by atoms with van der Waals surface area (Å²) in [7, 11) is 2.02. The highest BCUT2D eigenvalue weighted by molar-refractivity contribution is 6.30. The summed E-state index contributed by atoms with van der Waals surface area (Å²) in [4.78, 5) is 20.0. The molecule has 2 heterocycles. The average Bonchev–Trinajstić information content (AvgIpc) is 2.74. The molecule has 1 amide bonds. The zero-order chi connectivity index (χ0) is 20.8. The summed E-state index contributed by atoms with van der Waals surface area (Å²) >= 11 is 5.97. The van der Waals surface area contributed by atoms with Gasteiger partial charge in [-0.1, -0.05) is 23.7 Å². The molecule has 29 heavy (non-hydrogen) atoms. The highest BCUT2D eigenvalue weighted by Gasteiger charge is 2.30. The SMILES string of the molecule is CC(C)N1CCCC(C(=O)N(C)CC2CCN(CCc3ccc(Cl)cc3)CC2)C1. The Bertz CT molecular complexity index is 640. The van der Waals surface area contributed by atoms with Crippen molar-refractivity contribution in [3.05, 3.63) is 34.9 Å². The molecule has 2 aliphatic heterocycles. The minimum absolute atomic E-state index is 0.190. The maximum absolute atomic E-state index is 13.0. The van der Waals surface area contributed by atoms with Crippen LogP contribution in [0, 0.1) is 11.8 Å². The highest BCUT2D eigenvalue weighted by atomic mass is 35.5. The van der Waals surface area contributed by atoms with Gasteiger partial charge in [-0.05, 0) is 89.2 Å². The van der Waals surface area contributed by atoms with E-state index >= 15 is 0 Å². The Balaban J connectivity index is 1.38. The van der Waals surface area contributed by atoms with Crippen LogP contribution >= 0.6 is 11.6 Å². The first kappa shape index (κ1) is 22.6. The van der Waals surface area contributed by atoms with Crippen molar-refractivity contribution in [3.63, 3.8) is 0 Å². The van der Waals surface area contributed by atoms with Gasteiger partial charge in [-0.25, -0.2) is 0 Å². The molecule has 2 aliphatic rings. The first-order valence-corrected chi connectivity index (χ1v) is 11.8. The van der Waals surface area contributed by atoms with E-state index < -0.39 is 0 Å². The number of carbonyl (C=O) groups is 1. The van der Waals surface area contributed by atoms with Crippen molar-refractivity contribution < 1.29 is 4.79 Å². The van der Waals surface area contributed by atoms with E-state index in [9.17, 15) is 4.79 Å². The summed E-state index contributed by atoms with van der Waals surface area (Å²) < 4.78 is 0. The number of rotatable bonds is 7. The van der Waals surface area contributed by atoms with E-state index in [0.29, 0.717) is 17.9 Å². The molecule has 5 heteroatoms. The second kappa shape index (κ2) is 10.8. The van der Waals surface area contributed by atoms with Gasteiger partial charge in [-0.2, -0.15) is 0 Å². The summed E-state index contributed by atoms with van der Waals surface area (Å²) in [5.74, 6) is 1.19. The van der Waals surface area contributed by atoms with Gasteiger partial charge >= 0.3 is 0 Å². The first-order chi connectivity index (χ1) is 13.9. The van der Waals surface area contributed by atoms with Crippen molar-refractivity contribution in [1.82, 2.24) is 14.7 Å². The number of halogens is 1. The van der Waals surface area contributed by atoms with E-state index in [1.165, 1.54) is 18.4 Å². The van der Waals surface area contributed by atoms with Gasteiger partial charge in [0, 0.05) is 37.7 Å². The number of amides is 1. The average molecular weight is 420 g/mol. The number of nitrogens with zero attached hydrogens (tertiary/aromatic N) is 3. The number of piperidine rings is 2. The molecular formula is C24H38ClN3O. The minimum atomic E-state index is 0.190. The van der Waals surface area contributed by atoms with Gasteiger partial charge < -0.3 is 14.7 Å². The number of likely N-dealkylation sites (tertiary alicyclic amines) is 2. The molecule has 1 aromatic carbocycles. The van der Waals surface area contributed by atoms with Crippen LogP contribution < -0.4 is 0 Å². The van der Waals surface area contributed by atoms with Crippen molar-refractivity contribution in [2.24, 2.45) is 11.8 Å². The van der Waals surface area contributed by atoms with Gasteiger partial charge in [0.15, 0.2) is 0 Å². The van der Waals surface area contributed by atoms with Gasteiger partial charge in [0.2, 0.25) is 5.91 Å². The van der Waals surface area contributed by atoms with E-state index in [1.54, 1.807) is 0 Å². The molecule has 0 radical (unpaired) electrons. The van der Waals surface area contributed by atoms with Crippen molar-refractivity contribution in [2.75, 3.05) is 46.3 Å². The van der Waals surface area contributed by atoms with Crippen LogP contribution in [0.2, 0.25) is 5.02 Å². The van der Waals surface area contributed by atoms with Crippen LogP contribution in [-0.4, -0.2) is 73.0 Å². The number of hydrogen-bond acceptors (Lipinski definition) is 3.